The van der Waals surface area contributed by atoms with Crippen molar-refractivity contribution >= 4 is 17.1 Å². The van der Waals surface area contributed by atoms with Gasteiger partial charge in [0, 0.05) is 6.61 Å². The summed E-state index contributed by atoms with van der Waals surface area (Å²) in [7, 11) is 0. The SMILES string of the molecule is CCOC1(C(=O)c2sccc2C)CCCC1. The normalized spacial score (nSPS) is 18.9. The molecule has 0 radical (unpaired) electrons. The van der Waals surface area contributed by atoms with Gasteiger partial charge in [-0.05, 0) is 56.5 Å². The zero-order valence-corrected chi connectivity index (χ0v) is 10.7. The molecule has 88 valence electrons. The lowest BCUT2D eigenvalue weighted by Gasteiger charge is -2.27. The average molecular weight is 238 g/mol. The molecule has 2 rings (SSSR count). The van der Waals surface area contributed by atoms with E-state index < -0.39 is 5.60 Å². The Labute approximate surface area is 101 Å². The van der Waals surface area contributed by atoms with Crippen LogP contribution in [0.4, 0.5) is 0 Å². The number of carbonyl (C=O) groups is 1. The quantitative estimate of drug-likeness (QED) is 0.749. The van der Waals surface area contributed by atoms with E-state index in [1.165, 1.54) is 11.3 Å². The van der Waals surface area contributed by atoms with Gasteiger partial charge in [0.05, 0.1) is 4.88 Å². The summed E-state index contributed by atoms with van der Waals surface area (Å²) in [6.45, 7) is 4.59. The number of hydrogen-bond acceptors (Lipinski definition) is 3. The van der Waals surface area contributed by atoms with Gasteiger partial charge in [-0.1, -0.05) is 0 Å². The number of carbonyl (C=O) groups excluding carboxylic acids is 1. The number of hydrogen-bond donors (Lipinski definition) is 0. The number of Topliss-reactive ketones (excluding diaryl/α,β-unsaturated/α-hetero) is 1. The highest BCUT2D eigenvalue weighted by molar-refractivity contribution is 7.12. The number of ketones is 1. The fourth-order valence-electron chi connectivity index (χ4n) is 2.47. The van der Waals surface area contributed by atoms with E-state index in [0.29, 0.717) is 6.61 Å². The Morgan fingerprint density at radius 2 is 2.19 bits per heavy atom. The first-order valence-electron chi connectivity index (χ1n) is 5.92. The third kappa shape index (κ3) is 1.94. The molecule has 0 aliphatic heterocycles. The Morgan fingerprint density at radius 3 is 2.69 bits per heavy atom. The van der Waals surface area contributed by atoms with Crippen LogP contribution in [-0.2, 0) is 4.74 Å². The van der Waals surface area contributed by atoms with E-state index in [0.717, 1.165) is 36.1 Å². The van der Waals surface area contributed by atoms with E-state index in [2.05, 4.69) is 0 Å². The summed E-state index contributed by atoms with van der Waals surface area (Å²) in [5.74, 6) is 0.208. The lowest BCUT2D eigenvalue weighted by atomic mass is 9.94. The molecule has 2 nitrogen and oxygen atoms in total. The highest BCUT2D eigenvalue weighted by Gasteiger charge is 2.43. The summed E-state index contributed by atoms with van der Waals surface area (Å²) >= 11 is 1.54. The Balaban J connectivity index is 2.27. The van der Waals surface area contributed by atoms with Crippen LogP contribution in [0.3, 0.4) is 0 Å². The third-order valence-corrected chi connectivity index (χ3v) is 4.33. The molecule has 16 heavy (non-hydrogen) atoms. The Hall–Kier alpha value is -0.670. The molecular weight excluding hydrogens is 220 g/mol. The van der Waals surface area contributed by atoms with Crippen LogP contribution >= 0.6 is 11.3 Å². The summed E-state index contributed by atoms with van der Waals surface area (Å²) in [6, 6.07) is 2.01. The molecule has 0 atom stereocenters. The minimum Gasteiger partial charge on any atom is -0.367 e. The highest BCUT2D eigenvalue weighted by Crippen LogP contribution is 2.37. The van der Waals surface area contributed by atoms with Crippen LogP contribution in [0.25, 0.3) is 0 Å². The number of thiophene rings is 1. The molecule has 0 aromatic carbocycles. The maximum atomic E-state index is 12.5. The van der Waals surface area contributed by atoms with Crippen LogP contribution in [0, 0.1) is 6.92 Å². The maximum Gasteiger partial charge on any atom is 0.204 e. The first-order valence-corrected chi connectivity index (χ1v) is 6.80. The average Bonchev–Trinajstić information content (AvgIpc) is 2.87. The zero-order chi connectivity index (χ0) is 11.6. The Kier molecular flexibility index (Phi) is 3.45. The van der Waals surface area contributed by atoms with Crippen LogP contribution in [-0.4, -0.2) is 18.0 Å². The smallest absolute Gasteiger partial charge is 0.204 e. The van der Waals surface area contributed by atoms with Crippen molar-refractivity contribution in [2.75, 3.05) is 6.61 Å². The fraction of sp³-hybridized carbons (Fsp3) is 0.615. The lowest BCUT2D eigenvalue weighted by molar-refractivity contribution is -0.0161. The van der Waals surface area contributed by atoms with Gasteiger partial charge >= 0.3 is 0 Å². The molecule has 0 spiro atoms. The van der Waals surface area contributed by atoms with Crippen molar-refractivity contribution in [2.24, 2.45) is 0 Å². The van der Waals surface area contributed by atoms with Crippen LogP contribution in [0.15, 0.2) is 11.4 Å². The second-order valence-corrected chi connectivity index (χ2v) is 5.31. The molecule has 1 aromatic rings. The van der Waals surface area contributed by atoms with Gasteiger partial charge < -0.3 is 4.74 Å². The predicted molar refractivity (Wildman–Crippen MR) is 66.2 cm³/mol. The second kappa shape index (κ2) is 4.68. The summed E-state index contributed by atoms with van der Waals surface area (Å²) in [5, 5.41) is 1.98. The molecule has 1 aromatic heterocycles. The largest absolute Gasteiger partial charge is 0.367 e. The number of rotatable bonds is 4. The molecule has 1 aliphatic rings. The van der Waals surface area contributed by atoms with Gasteiger partial charge in [-0.25, -0.2) is 0 Å². The first kappa shape index (κ1) is 11.8. The van der Waals surface area contributed by atoms with Gasteiger partial charge in [-0.3, -0.25) is 4.79 Å². The summed E-state index contributed by atoms with van der Waals surface area (Å²) in [5.41, 5.74) is 0.575. The van der Waals surface area contributed by atoms with Gasteiger partial charge in [0.2, 0.25) is 5.78 Å². The van der Waals surface area contributed by atoms with Crippen molar-refractivity contribution < 1.29 is 9.53 Å². The number of ether oxygens (including phenoxy) is 1. The summed E-state index contributed by atoms with van der Waals surface area (Å²) in [4.78, 5) is 13.4. The zero-order valence-electron chi connectivity index (χ0n) is 9.91. The molecule has 1 saturated carbocycles. The number of aryl methyl sites for hydroxylation is 1. The molecule has 0 amide bonds. The van der Waals surface area contributed by atoms with E-state index in [4.69, 9.17) is 4.74 Å². The van der Waals surface area contributed by atoms with Gasteiger partial charge in [0.25, 0.3) is 0 Å². The monoisotopic (exact) mass is 238 g/mol. The Bertz CT molecular complexity index is 375. The lowest BCUT2D eigenvalue weighted by Crippen LogP contribution is -2.38. The standard InChI is InChI=1S/C13H18O2S/c1-3-15-13(7-4-5-8-13)12(14)11-10(2)6-9-16-11/h6,9H,3-5,7-8H2,1-2H3. The van der Waals surface area contributed by atoms with E-state index in [-0.39, 0.29) is 5.78 Å². The van der Waals surface area contributed by atoms with Crippen LogP contribution in [0.5, 0.6) is 0 Å². The van der Waals surface area contributed by atoms with Crippen molar-refractivity contribution in [2.45, 2.75) is 45.1 Å². The van der Waals surface area contributed by atoms with E-state index in [1.807, 2.05) is 25.3 Å². The van der Waals surface area contributed by atoms with Gasteiger partial charge in [-0.2, -0.15) is 0 Å². The molecule has 0 unspecified atom stereocenters. The minimum atomic E-state index is -0.510. The van der Waals surface area contributed by atoms with Gasteiger partial charge in [0.1, 0.15) is 5.60 Å². The molecule has 1 fully saturated rings. The van der Waals surface area contributed by atoms with Gasteiger partial charge in [-0.15, -0.1) is 11.3 Å². The van der Waals surface area contributed by atoms with E-state index in [1.54, 1.807) is 0 Å². The van der Waals surface area contributed by atoms with Crippen molar-refractivity contribution in [3.8, 4) is 0 Å². The second-order valence-electron chi connectivity index (χ2n) is 4.40. The molecular formula is C13H18O2S. The predicted octanol–water partition coefficient (Wildman–Crippen LogP) is 3.59. The molecule has 0 bridgehead atoms. The van der Waals surface area contributed by atoms with E-state index >= 15 is 0 Å². The maximum absolute atomic E-state index is 12.5. The van der Waals surface area contributed by atoms with E-state index in [9.17, 15) is 4.79 Å². The highest BCUT2D eigenvalue weighted by atomic mass is 32.1. The molecule has 3 heteroatoms. The molecule has 1 aliphatic carbocycles. The fourth-order valence-corrected chi connectivity index (χ4v) is 3.43. The van der Waals surface area contributed by atoms with Crippen LogP contribution < -0.4 is 0 Å². The van der Waals surface area contributed by atoms with Crippen molar-refractivity contribution in [1.82, 2.24) is 0 Å². The van der Waals surface area contributed by atoms with Crippen molar-refractivity contribution in [1.29, 1.82) is 0 Å². The Morgan fingerprint density at radius 1 is 1.50 bits per heavy atom. The first-order chi connectivity index (χ1) is 7.69. The molecule has 0 N–H and O–H groups in total. The minimum absolute atomic E-state index is 0.208. The summed E-state index contributed by atoms with van der Waals surface area (Å²) in [6.07, 6.45) is 3.99. The van der Waals surface area contributed by atoms with Crippen LogP contribution in [0.1, 0.15) is 47.8 Å². The summed E-state index contributed by atoms with van der Waals surface area (Å²) < 4.78 is 5.79. The van der Waals surface area contributed by atoms with Gasteiger partial charge in [0.15, 0.2) is 0 Å². The van der Waals surface area contributed by atoms with Crippen molar-refractivity contribution in [3.05, 3.63) is 21.9 Å². The molecule has 0 saturated heterocycles. The van der Waals surface area contributed by atoms with Crippen molar-refractivity contribution in [3.63, 3.8) is 0 Å². The third-order valence-electron chi connectivity index (χ3n) is 3.31. The van der Waals surface area contributed by atoms with Crippen LogP contribution in [0.2, 0.25) is 0 Å². The topological polar surface area (TPSA) is 26.3 Å². The molecule has 1 heterocycles.